The van der Waals surface area contributed by atoms with Crippen molar-refractivity contribution in [1.82, 2.24) is 4.90 Å². The molecule has 1 N–H and O–H groups in total. The van der Waals surface area contributed by atoms with Gasteiger partial charge in [-0.2, -0.15) is 13.2 Å². The molecule has 0 amide bonds. The van der Waals surface area contributed by atoms with Crippen molar-refractivity contribution in [2.24, 2.45) is 0 Å². The van der Waals surface area contributed by atoms with Crippen LogP contribution in [0, 0.1) is 11.7 Å². The zero-order valence-corrected chi connectivity index (χ0v) is 23.2. The molecule has 1 saturated heterocycles. The molecule has 192 valence electrons. The van der Waals surface area contributed by atoms with Crippen molar-refractivity contribution >= 4 is 41.5 Å². The lowest BCUT2D eigenvalue weighted by Gasteiger charge is -2.44. The zero-order chi connectivity index (χ0) is 25.6. The van der Waals surface area contributed by atoms with Gasteiger partial charge in [-0.15, -0.1) is 17.8 Å². The van der Waals surface area contributed by atoms with E-state index in [2.05, 4.69) is 10.2 Å². The molecule has 2 aromatic rings. The Morgan fingerprint density at radius 1 is 1.29 bits per heavy atom. The fraction of sp³-hybridized carbons (Fsp3) is 0.500. The van der Waals surface area contributed by atoms with Gasteiger partial charge in [0, 0.05) is 62.9 Å². The summed E-state index contributed by atoms with van der Waals surface area (Å²) < 4.78 is 57.5. The van der Waals surface area contributed by atoms with E-state index in [-0.39, 0.29) is 5.56 Å². The third-order valence-corrected chi connectivity index (χ3v) is 8.63. The van der Waals surface area contributed by atoms with Crippen LogP contribution in [0.1, 0.15) is 39.3 Å². The van der Waals surface area contributed by atoms with E-state index in [4.69, 9.17) is 20.6 Å². The number of likely N-dealkylation sites (tertiary alicyclic amines) is 1. The van der Waals surface area contributed by atoms with Crippen molar-refractivity contribution < 1.29 is 32.5 Å². The Labute approximate surface area is 223 Å². The molecular formula is C24H27F3INO4S2. The molecule has 1 fully saturated rings. The summed E-state index contributed by atoms with van der Waals surface area (Å²) in [4.78, 5) is 2.23. The maximum absolute atomic E-state index is 13.5. The second kappa shape index (κ2) is 12.4. The zero-order valence-electron chi connectivity index (χ0n) is 19.4. The molecule has 0 atom stereocenters. The van der Waals surface area contributed by atoms with Crippen molar-refractivity contribution in [3.05, 3.63) is 44.6 Å². The van der Waals surface area contributed by atoms with E-state index >= 15 is 0 Å². The highest BCUT2D eigenvalue weighted by molar-refractivity contribution is 14.2. The molecule has 0 aliphatic carbocycles. The van der Waals surface area contributed by atoms with Gasteiger partial charge in [0.15, 0.2) is 0 Å². The molecule has 35 heavy (non-hydrogen) atoms. The quantitative estimate of drug-likeness (QED) is 0.320. The van der Waals surface area contributed by atoms with Crippen LogP contribution in [0.3, 0.4) is 0 Å². The number of alkyl halides is 3. The lowest BCUT2D eigenvalue weighted by molar-refractivity contribution is -0.135. The first-order valence-electron chi connectivity index (χ1n) is 10.9. The number of hydrogen-bond donors (Lipinski definition) is 1. The van der Waals surface area contributed by atoms with Crippen molar-refractivity contribution in [2.45, 2.75) is 44.2 Å². The van der Waals surface area contributed by atoms with Crippen LogP contribution >= 0.6 is 41.5 Å². The standard InChI is InChI=1S/C22H26F3NO4S.C2HIS/c1-28-15-4-3-14(18(11-15)29-2)12-26-8-6-21(7-9-26)19-16(5-10-30-21)17(13-27)20(31-19)22(23,24)25;1-2-4-3/h3-4,11,27H,5-10,12-13H2,1-2H3;1H. The van der Waals surface area contributed by atoms with E-state index < -0.39 is 23.3 Å². The number of aliphatic hydroxyl groups is 1. The number of piperidine rings is 1. The average molecular weight is 642 g/mol. The third kappa shape index (κ3) is 6.40. The van der Waals surface area contributed by atoms with Crippen molar-refractivity contribution in [2.75, 3.05) is 33.9 Å². The van der Waals surface area contributed by atoms with E-state index in [9.17, 15) is 18.3 Å². The maximum atomic E-state index is 13.5. The Morgan fingerprint density at radius 3 is 2.51 bits per heavy atom. The smallest absolute Gasteiger partial charge is 0.425 e. The van der Waals surface area contributed by atoms with Gasteiger partial charge in [0.05, 0.1) is 27.4 Å². The summed E-state index contributed by atoms with van der Waals surface area (Å²) in [7, 11) is 4.58. The van der Waals surface area contributed by atoms with Crippen LogP contribution in [-0.4, -0.2) is 43.9 Å². The summed E-state index contributed by atoms with van der Waals surface area (Å²) in [6.45, 7) is 1.85. The molecule has 4 rings (SSSR count). The summed E-state index contributed by atoms with van der Waals surface area (Å²) in [6, 6.07) is 5.71. The second-order valence-corrected chi connectivity index (χ2v) is 10.8. The molecule has 1 spiro atoms. The normalized spacial score (nSPS) is 17.2. The lowest BCUT2D eigenvalue weighted by Crippen LogP contribution is -2.45. The molecule has 0 saturated carbocycles. The van der Waals surface area contributed by atoms with E-state index in [0.29, 0.717) is 55.9 Å². The first-order chi connectivity index (χ1) is 16.7. The number of thiophene rings is 1. The van der Waals surface area contributed by atoms with Gasteiger partial charge in [-0.25, -0.2) is 0 Å². The highest BCUT2D eigenvalue weighted by Crippen LogP contribution is 2.50. The monoisotopic (exact) mass is 641 g/mol. The molecule has 1 aromatic heterocycles. The van der Waals surface area contributed by atoms with Gasteiger partial charge in [0.25, 0.3) is 0 Å². The third-order valence-electron chi connectivity index (χ3n) is 6.27. The molecule has 0 radical (unpaired) electrons. The fourth-order valence-electron chi connectivity index (χ4n) is 4.61. The van der Waals surface area contributed by atoms with Gasteiger partial charge in [-0.05, 0) is 45.1 Å². The Morgan fingerprint density at radius 2 is 1.97 bits per heavy atom. The van der Waals surface area contributed by atoms with Gasteiger partial charge in [0.2, 0.25) is 0 Å². The van der Waals surface area contributed by atoms with Gasteiger partial charge in [-0.1, -0.05) is 6.07 Å². The van der Waals surface area contributed by atoms with Crippen molar-refractivity contribution in [1.29, 1.82) is 0 Å². The molecule has 11 heteroatoms. The molecule has 2 aliphatic rings. The van der Waals surface area contributed by atoms with Crippen molar-refractivity contribution in [3.63, 3.8) is 0 Å². The van der Waals surface area contributed by atoms with Crippen LogP contribution in [0.5, 0.6) is 11.5 Å². The number of fused-ring (bicyclic) bond motifs is 2. The number of methoxy groups -OCH3 is 2. The molecule has 5 nitrogen and oxygen atoms in total. The predicted molar refractivity (Wildman–Crippen MR) is 141 cm³/mol. The minimum atomic E-state index is -4.47. The fourth-order valence-corrected chi connectivity index (χ4v) is 6.04. The summed E-state index contributed by atoms with van der Waals surface area (Å²) in [5.41, 5.74) is 0.992. The Kier molecular flexibility index (Phi) is 10.0. The number of terminal acetylenes is 1. The lowest BCUT2D eigenvalue weighted by atomic mass is 9.84. The van der Waals surface area contributed by atoms with Crippen molar-refractivity contribution in [3.8, 4) is 23.2 Å². The van der Waals surface area contributed by atoms with Gasteiger partial charge in [0.1, 0.15) is 22.0 Å². The van der Waals surface area contributed by atoms with E-state index in [1.165, 1.54) is 8.93 Å². The maximum Gasteiger partial charge on any atom is 0.425 e. The minimum Gasteiger partial charge on any atom is -0.497 e. The Balaban J connectivity index is 0.000000795. The molecule has 2 aliphatic heterocycles. The van der Waals surface area contributed by atoms with Gasteiger partial charge in [-0.3, -0.25) is 4.90 Å². The van der Waals surface area contributed by atoms with Crippen LogP contribution in [0.15, 0.2) is 18.2 Å². The minimum absolute atomic E-state index is 0.0283. The number of rotatable bonds is 5. The largest absolute Gasteiger partial charge is 0.497 e. The molecular weight excluding hydrogens is 614 g/mol. The summed E-state index contributed by atoms with van der Waals surface area (Å²) in [5.74, 6) is 1.47. The van der Waals surface area contributed by atoms with Crippen LogP contribution in [0.2, 0.25) is 0 Å². The number of halogens is 4. The van der Waals surface area contributed by atoms with Gasteiger partial charge < -0.3 is 19.3 Å². The Bertz CT molecular complexity index is 1050. The first kappa shape index (κ1) is 28.4. The Hall–Kier alpha value is -1.17. The highest BCUT2D eigenvalue weighted by Gasteiger charge is 2.47. The molecule has 0 bridgehead atoms. The van der Waals surface area contributed by atoms with E-state index in [1.54, 1.807) is 14.2 Å². The van der Waals surface area contributed by atoms with E-state index in [1.807, 2.05) is 39.4 Å². The number of aliphatic hydroxyl groups excluding tert-OH is 1. The summed E-state index contributed by atoms with van der Waals surface area (Å²) in [6.07, 6.45) is 1.90. The predicted octanol–water partition coefficient (Wildman–Crippen LogP) is 6.00. The molecule has 1 aromatic carbocycles. The van der Waals surface area contributed by atoms with Crippen LogP contribution in [0.25, 0.3) is 0 Å². The molecule has 3 heterocycles. The summed E-state index contributed by atoms with van der Waals surface area (Å²) in [5, 5.41) is 12.0. The topological polar surface area (TPSA) is 51.2 Å². The van der Waals surface area contributed by atoms with Crippen LogP contribution in [0.4, 0.5) is 13.2 Å². The SMILES string of the molecule is C#CSI.COc1ccc(CN2CCC3(CC2)OCCc2c3sc(C(F)(F)F)c2CO)c(OC)c1. The van der Waals surface area contributed by atoms with Gasteiger partial charge >= 0.3 is 6.18 Å². The summed E-state index contributed by atoms with van der Waals surface area (Å²) >= 11 is 2.78. The number of benzene rings is 1. The van der Waals surface area contributed by atoms with E-state index in [0.717, 1.165) is 28.4 Å². The second-order valence-electron chi connectivity index (χ2n) is 8.11. The van der Waals surface area contributed by atoms with Crippen LogP contribution < -0.4 is 9.47 Å². The average Bonchev–Trinajstić information content (AvgIpc) is 3.27. The number of ether oxygens (including phenoxy) is 3. The van der Waals surface area contributed by atoms with Crippen LogP contribution in [-0.2, 0) is 36.1 Å². The first-order valence-corrected chi connectivity index (χ1v) is 15.0. The number of nitrogens with zero attached hydrogens (tertiary/aromatic N) is 1. The molecule has 0 unspecified atom stereocenters. The highest BCUT2D eigenvalue weighted by atomic mass is 127. The number of hydrogen-bond acceptors (Lipinski definition) is 7.